The lowest BCUT2D eigenvalue weighted by molar-refractivity contribution is 0.0916. The normalized spacial score (nSPS) is 20.4. The number of nitrogens with one attached hydrogen (secondary N) is 2. The second kappa shape index (κ2) is 10.7. The van der Waals surface area contributed by atoms with Crippen molar-refractivity contribution in [2.24, 2.45) is 0 Å². The number of rotatable bonds is 0. The van der Waals surface area contributed by atoms with Gasteiger partial charge in [-0.1, -0.05) is 55.7 Å². The Morgan fingerprint density at radius 3 is 2.73 bits per heavy atom. The third kappa shape index (κ3) is 5.83. The maximum absolute atomic E-state index is 13.2. The number of aromatic nitrogens is 2. The van der Waals surface area contributed by atoms with Gasteiger partial charge in [0.05, 0.1) is 16.6 Å². The summed E-state index contributed by atoms with van der Waals surface area (Å²) < 4.78 is 35.0. The van der Waals surface area contributed by atoms with Crippen molar-refractivity contribution in [1.29, 1.82) is 0 Å². The van der Waals surface area contributed by atoms with Crippen molar-refractivity contribution in [3.63, 3.8) is 0 Å². The lowest BCUT2D eigenvalue weighted by Gasteiger charge is -2.20. The van der Waals surface area contributed by atoms with Crippen molar-refractivity contribution in [3.8, 4) is 17.1 Å². The summed E-state index contributed by atoms with van der Waals surface area (Å²) in [5, 5.41) is 3.03. The van der Waals surface area contributed by atoms with E-state index in [0.717, 1.165) is 55.2 Å². The van der Waals surface area contributed by atoms with E-state index in [9.17, 15) is 13.2 Å². The third-order valence-corrected chi connectivity index (χ3v) is 7.96. The van der Waals surface area contributed by atoms with E-state index in [2.05, 4.69) is 32.2 Å². The topological polar surface area (TPSA) is 110 Å². The summed E-state index contributed by atoms with van der Waals surface area (Å²) in [6, 6.07) is 13.4. The molecule has 0 radical (unpaired) electrons. The van der Waals surface area contributed by atoms with Gasteiger partial charge >= 0.3 is 0 Å². The molecule has 1 atom stereocenters. The molecule has 0 unspecified atom stereocenters. The van der Waals surface area contributed by atoms with Gasteiger partial charge in [0.15, 0.2) is 0 Å². The fraction of sp³-hybridized carbons (Fsp3) is 0.321. The van der Waals surface area contributed by atoms with Crippen LogP contribution >= 0.6 is 0 Å². The highest BCUT2D eigenvalue weighted by atomic mass is 32.2. The smallest absolute Gasteiger partial charge is 0.264 e. The fourth-order valence-corrected chi connectivity index (χ4v) is 5.69. The number of carbonyl (C=O) groups is 1. The van der Waals surface area contributed by atoms with E-state index < -0.39 is 10.0 Å². The number of hydrogen-bond donors (Lipinski definition) is 2. The summed E-state index contributed by atoms with van der Waals surface area (Å²) in [5.74, 6) is -0.196. The van der Waals surface area contributed by atoms with E-state index in [4.69, 9.17) is 4.74 Å². The van der Waals surface area contributed by atoms with E-state index in [-0.39, 0.29) is 40.8 Å². The maximum Gasteiger partial charge on any atom is 0.264 e. The zero-order chi connectivity index (χ0) is 25.8. The largest absolute Gasteiger partial charge is 0.475 e. The van der Waals surface area contributed by atoms with Gasteiger partial charge in [0, 0.05) is 17.2 Å². The Hall–Kier alpha value is -3.72. The monoisotopic (exact) mass is 518 g/mol. The molecule has 0 saturated carbocycles. The molecule has 1 aromatic heterocycles. The molecule has 1 amide bonds. The highest BCUT2D eigenvalue weighted by molar-refractivity contribution is 7.92. The molecule has 0 spiro atoms. The highest BCUT2D eigenvalue weighted by Crippen LogP contribution is 2.31. The quantitative estimate of drug-likeness (QED) is 0.428. The van der Waals surface area contributed by atoms with E-state index >= 15 is 0 Å². The predicted molar refractivity (Wildman–Crippen MR) is 143 cm³/mol. The molecule has 37 heavy (non-hydrogen) atoms. The molecule has 3 heterocycles. The zero-order valence-corrected chi connectivity index (χ0v) is 21.6. The number of fused-ring (bicyclic) bond motifs is 8. The minimum absolute atomic E-state index is 0.0437. The predicted octanol–water partition coefficient (Wildman–Crippen LogP) is 5.11. The molecule has 2 N–H and O–H groups in total. The van der Waals surface area contributed by atoms with Crippen LogP contribution in [0.1, 0.15) is 60.0 Å². The van der Waals surface area contributed by atoms with Crippen LogP contribution in [0.3, 0.4) is 0 Å². The number of anilines is 1. The van der Waals surface area contributed by atoms with Gasteiger partial charge in [-0.25, -0.2) is 18.1 Å². The summed E-state index contributed by atoms with van der Waals surface area (Å²) in [4.78, 5) is 21.9. The number of aryl methyl sites for hydroxylation is 1. The average molecular weight is 519 g/mol. The second-order valence-corrected chi connectivity index (χ2v) is 11.1. The van der Waals surface area contributed by atoms with Crippen LogP contribution in [0.5, 0.6) is 5.88 Å². The summed E-state index contributed by atoms with van der Waals surface area (Å²) in [6.07, 6.45) is 10.2. The molecular formula is C28H30N4O4S. The standard InChI is InChI=1S/C28H30N4O4S/c1-19-10-8-12-20-11-6-4-2-3-5-7-14-22-18-36-25-17-24(26(19)20)30-28(31-25)32-37(34,35)23-15-9-13-21(16-23)27(33)29-22/h6,8-13,15-17,22H,2-5,7,14,18H2,1H3,(H,29,33)(H,30,31,32)/b11-6+/t22-/m1/s1. The van der Waals surface area contributed by atoms with Gasteiger partial charge in [0.2, 0.25) is 11.8 Å². The van der Waals surface area contributed by atoms with Crippen molar-refractivity contribution in [1.82, 2.24) is 15.3 Å². The Morgan fingerprint density at radius 1 is 1.00 bits per heavy atom. The van der Waals surface area contributed by atoms with E-state index in [1.165, 1.54) is 12.1 Å². The summed E-state index contributed by atoms with van der Waals surface area (Å²) in [6.45, 7) is 2.20. The molecule has 6 bridgehead atoms. The SMILES string of the molecule is Cc1cccc2c1-c1cc3nc(n1)NS(=O)(=O)c1cccc(c1)C(=O)N[C@H](CCCCCC/C=C/2)CO3. The van der Waals surface area contributed by atoms with Crippen LogP contribution in [-0.4, -0.2) is 36.9 Å². The maximum atomic E-state index is 13.2. The minimum atomic E-state index is -4.06. The highest BCUT2D eigenvalue weighted by Gasteiger charge is 2.23. The first-order valence-corrected chi connectivity index (χ1v) is 14.1. The Morgan fingerprint density at radius 2 is 1.84 bits per heavy atom. The zero-order valence-electron chi connectivity index (χ0n) is 20.7. The summed E-state index contributed by atoms with van der Waals surface area (Å²) in [5.41, 5.74) is 3.69. The van der Waals surface area contributed by atoms with Crippen LogP contribution < -0.4 is 14.8 Å². The van der Waals surface area contributed by atoms with Gasteiger partial charge in [0.1, 0.15) is 6.61 Å². The minimum Gasteiger partial charge on any atom is -0.475 e. The Kier molecular flexibility index (Phi) is 7.23. The summed E-state index contributed by atoms with van der Waals surface area (Å²) in [7, 11) is -4.06. The lowest BCUT2D eigenvalue weighted by Crippen LogP contribution is -2.39. The van der Waals surface area contributed by atoms with Crippen LogP contribution in [0.2, 0.25) is 0 Å². The number of nitrogens with zero attached hydrogens (tertiary/aromatic N) is 2. The molecule has 5 rings (SSSR count). The van der Waals surface area contributed by atoms with Gasteiger partial charge < -0.3 is 10.1 Å². The first kappa shape index (κ1) is 25.0. The Labute approximate surface area is 217 Å². The first-order valence-electron chi connectivity index (χ1n) is 12.6. The number of allylic oxidation sites excluding steroid dienone is 1. The van der Waals surface area contributed by atoms with Crippen molar-refractivity contribution in [3.05, 3.63) is 71.3 Å². The molecule has 2 aromatic carbocycles. The van der Waals surface area contributed by atoms with Gasteiger partial charge in [0.25, 0.3) is 15.9 Å². The lowest BCUT2D eigenvalue weighted by atomic mass is 9.98. The number of sulfonamides is 1. The molecule has 8 nitrogen and oxygen atoms in total. The Balaban J connectivity index is 1.68. The molecule has 0 fully saturated rings. The van der Waals surface area contributed by atoms with Crippen molar-refractivity contribution in [2.45, 2.75) is 56.4 Å². The Bertz CT molecular complexity index is 1450. The van der Waals surface area contributed by atoms with E-state index in [0.29, 0.717) is 5.69 Å². The van der Waals surface area contributed by atoms with E-state index in [1.807, 2.05) is 25.1 Å². The number of amides is 1. The van der Waals surface area contributed by atoms with Crippen LogP contribution in [0.25, 0.3) is 17.3 Å². The first-order chi connectivity index (χ1) is 17.9. The van der Waals surface area contributed by atoms with Gasteiger partial charge in [-0.15, -0.1) is 0 Å². The van der Waals surface area contributed by atoms with Crippen LogP contribution in [0, 0.1) is 6.92 Å². The number of hydrogen-bond acceptors (Lipinski definition) is 6. The number of benzene rings is 2. The number of carbonyl (C=O) groups excluding carboxylic acids is 1. The van der Waals surface area contributed by atoms with Gasteiger partial charge in [-0.2, -0.15) is 4.98 Å². The van der Waals surface area contributed by atoms with Gasteiger partial charge in [-0.3, -0.25) is 4.79 Å². The molecule has 0 saturated heterocycles. The van der Waals surface area contributed by atoms with Crippen molar-refractivity contribution < 1.29 is 17.9 Å². The van der Waals surface area contributed by atoms with Gasteiger partial charge in [-0.05, 0) is 55.5 Å². The average Bonchev–Trinajstić information content (AvgIpc) is 2.87. The molecule has 0 aliphatic carbocycles. The number of ether oxygens (including phenoxy) is 1. The van der Waals surface area contributed by atoms with Crippen LogP contribution in [-0.2, 0) is 10.0 Å². The molecule has 192 valence electrons. The van der Waals surface area contributed by atoms with E-state index in [1.54, 1.807) is 18.2 Å². The summed E-state index contributed by atoms with van der Waals surface area (Å²) >= 11 is 0. The third-order valence-electron chi connectivity index (χ3n) is 6.63. The molecular weight excluding hydrogens is 488 g/mol. The van der Waals surface area contributed by atoms with Crippen LogP contribution in [0.15, 0.2) is 59.5 Å². The molecule has 2 aliphatic heterocycles. The van der Waals surface area contributed by atoms with Crippen molar-refractivity contribution >= 4 is 28.0 Å². The molecule has 9 heteroatoms. The second-order valence-electron chi connectivity index (χ2n) is 9.46. The molecule has 3 aromatic rings. The van der Waals surface area contributed by atoms with Crippen LogP contribution in [0.4, 0.5) is 5.95 Å². The van der Waals surface area contributed by atoms with Crippen molar-refractivity contribution in [2.75, 3.05) is 11.3 Å². The molecule has 2 aliphatic rings. The fourth-order valence-electron chi connectivity index (χ4n) is 4.70.